The van der Waals surface area contributed by atoms with Crippen LogP contribution in [0.2, 0.25) is 0 Å². The maximum atomic E-state index is 10.2. The Morgan fingerprint density at radius 1 is 1.32 bits per heavy atom. The summed E-state index contributed by atoms with van der Waals surface area (Å²) in [5, 5.41) is 21.2. The van der Waals surface area contributed by atoms with E-state index in [0.717, 1.165) is 30.1 Å². The largest absolute Gasteiger partial charge is 0.510 e. The molecule has 0 fully saturated rings. The molecule has 1 aliphatic rings. The van der Waals surface area contributed by atoms with Gasteiger partial charge in [0.15, 0.2) is 0 Å². The van der Waals surface area contributed by atoms with Crippen molar-refractivity contribution in [2.45, 2.75) is 19.8 Å². The molecule has 1 aromatic heterocycles. The number of thiazole rings is 1. The first-order valence-electron chi connectivity index (χ1n) is 7.37. The van der Waals surface area contributed by atoms with Gasteiger partial charge in [-0.3, -0.25) is 5.41 Å². The molecule has 0 spiro atoms. The van der Waals surface area contributed by atoms with Crippen molar-refractivity contribution in [3.63, 3.8) is 0 Å². The molecule has 1 aromatic carbocycles. The van der Waals surface area contributed by atoms with Gasteiger partial charge in [-0.05, 0) is 25.3 Å². The summed E-state index contributed by atoms with van der Waals surface area (Å²) in [6.45, 7) is 3.11. The number of aliphatic hydroxyl groups excluding tert-OH is 1. The number of aliphatic hydroxyl groups is 1. The molecule has 0 unspecified atom stereocenters. The van der Waals surface area contributed by atoms with Crippen molar-refractivity contribution in [1.82, 2.24) is 9.88 Å². The average Bonchev–Trinajstić information content (AvgIpc) is 3.04. The fraction of sp³-hybridized carbons (Fsp3) is 0.294. The van der Waals surface area contributed by atoms with E-state index in [1.54, 1.807) is 0 Å². The summed E-state index contributed by atoms with van der Waals surface area (Å²) in [5.74, 6) is 0.652. The van der Waals surface area contributed by atoms with Crippen molar-refractivity contribution in [1.29, 1.82) is 5.41 Å². The summed E-state index contributed by atoms with van der Waals surface area (Å²) in [4.78, 5) is 6.31. The van der Waals surface area contributed by atoms with E-state index in [-0.39, 0.29) is 5.76 Å². The molecule has 0 saturated heterocycles. The lowest BCUT2D eigenvalue weighted by molar-refractivity contribution is 0.347. The van der Waals surface area contributed by atoms with Crippen molar-refractivity contribution in [2.24, 2.45) is 0 Å². The fourth-order valence-corrected chi connectivity index (χ4v) is 3.50. The maximum absolute atomic E-state index is 10.2. The zero-order valence-electron chi connectivity index (χ0n) is 12.5. The molecule has 2 heterocycles. The van der Waals surface area contributed by atoms with E-state index in [9.17, 15) is 5.11 Å². The number of hydrogen-bond acceptors (Lipinski definition) is 4. The van der Waals surface area contributed by atoms with Crippen LogP contribution in [0.15, 0.2) is 41.5 Å². The van der Waals surface area contributed by atoms with Crippen LogP contribution in [0.4, 0.5) is 0 Å². The molecule has 2 aromatic rings. The molecule has 1 aliphatic heterocycles. The minimum Gasteiger partial charge on any atom is -0.510 e. The van der Waals surface area contributed by atoms with Crippen LogP contribution in [-0.4, -0.2) is 33.9 Å². The monoisotopic (exact) mass is 313 g/mol. The second-order valence-electron chi connectivity index (χ2n) is 5.48. The molecule has 0 radical (unpaired) electrons. The number of rotatable bonds is 5. The Morgan fingerprint density at radius 3 is 2.77 bits per heavy atom. The Balaban J connectivity index is 1.60. The maximum Gasteiger partial charge on any atom is 0.135 e. The number of hydrogen-bond donors (Lipinski definition) is 2. The molecule has 22 heavy (non-hydrogen) atoms. The minimum atomic E-state index is 0.263. The zero-order valence-corrected chi connectivity index (χ0v) is 13.4. The second-order valence-corrected chi connectivity index (χ2v) is 6.33. The molecular formula is C17H19N3OS. The molecule has 114 valence electrons. The van der Waals surface area contributed by atoms with E-state index in [1.165, 1.54) is 16.9 Å². The van der Waals surface area contributed by atoms with Gasteiger partial charge in [-0.2, -0.15) is 0 Å². The summed E-state index contributed by atoms with van der Waals surface area (Å²) < 4.78 is 0. The zero-order chi connectivity index (χ0) is 15.5. The van der Waals surface area contributed by atoms with Crippen LogP contribution in [0, 0.1) is 12.3 Å². The fourth-order valence-electron chi connectivity index (χ4n) is 2.64. The quantitative estimate of drug-likeness (QED) is 0.886. The predicted octanol–water partition coefficient (Wildman–Crippen LogP) is 3.65. The van der Waals surface area contributed by atoms with Gasteiger partial charge in [-0.25, -0.2) is 4.98 Å². The van der Waals surface area contributed by atoms with Crippen LogP contribution in [0.3, 0.4) is 0 Å². The first kappa shape index (κ1) is 14.8. The first-order chi connectivity index (χ1) is 10.6. The van der Waals surface area contributed by atoms with Crippen LogP contribution >= 0.6 is 11.3 Å². The molecule has 5 heteroatoms. The lowest BCUT2D eigenvalue weighted by Crippen LogP contribution is -2.28. The highest BCUT2D eigenvalue weighted by molar-refractivity contribution is 7.11. The number of nitrogens with zero attached hydrogens (tertiary/aromatic N) is 2. The molecular weight excluding hydrogens is 294 g/mol. The van der Waals surface area contributed by atoms with Gasteiger partial charge in [0.05, 0.1) is 12.1 Å². The Hall–Kier alpha value is -2.14. The third-order valence-corrected chi connectivity index (χ3v) is 4.73. The first-order valence-corrected chi connectivity index (χ1v) is 8.25. The molecule has 4 nitrogen and oxygen atoms in total. The number of nitrogens with one attached hydrogen (secondary N) is 1. The summed E-state index contributed by atoms with van der Waals surface area (Å²) in [7, 11) is 0. The van der Waals surface area contributed by atoms with Crippen molar-refractivity contribution < 1.29 is 5.11 Å². The highest BCUT2D eigenvalue weighted by atomic mass is 32.1. The normalized spacial score (nSPS) is 15.0. The van der Waals surface area contributed by atoms with Gasteiger partial charge in [0, 0.05) is 17.6 Å². The number of aromatic nitrogens is 1. The second kappa shape index (κ2) is 6.32. The van der Waals surface area contributed by atoms with Gasteiger partial charge in [-0.15, -0.1) is 11.3 Å². The van der Waals surface area contributed by atoms with E-state index >= 15 is 0 Å². The van der Waals surface area contributed by atoms with Gasteiger partial charge < -0.3 is 10.0 Å². The molecule has 0 atom stereocenters. The highest BCUT2D eigenvalue weighted by Crippen LogP contribution is 2.29. The van der Waals surface area contributed by atoms with Crippen LogP contribution in [0.1, 0.15) is 22.7 Å². The lowest BCUT2D eigenvalue weighted by atomic mass is 10.1. The van der Waals surface area contributed by atoms with Crippen molar-refractivity contribution in [3.05, 3.63) is 57.7 Å². The predicted molar refractivity (Wildman–Crippen MR) is 90.5 cm³/mol. The van der Waals surface area contributed by atoms with E-state index in [1.807, 2.05) is 35.4 Å². The number of aryl methyl sites for hydroxylation is 2. The topological polar surface area (TPSA) is 60.2 Å². The Kier molecular flexibility index (Phi) is 4.24. The number of benzene rings is 1. The summed E-state index contributed by atoms with van der Waals surface area (Å²) in [5.41, 5.74) is 2.83. The smallest absolute Gasteiger partial charge is 0.135 e. The molecule has 2 N–H and O–H groups in total. The number of amidine groups is 1. The summed E-state index contributed by atoms with van der Waals surface area (Å²) in [6.07, 6.45) is 1.95. The third kappa shape index (κ3) is 3.04. The summed E-state index contributed by atoms with van der Waals surface area (Å²) in [6, 6.07) is 10.3. The summed E-state index contributed by atoms with van der Waals surface area (Å²) >= 11 is 1.48. The SMILES string of the molecule is Cc1csc(C2=C(O)CN(CCCc3ccccc3)C2=N)n1. The molecule has 0 bridgehead atoms. The van der Waals surface area contributed by atoms with Gasteiger partial charge in [-0.1, -0.05) is 30.3 Å². The highest BCUT2D eigenvalue weighted by Gasteiger charge is 2.29. The van der Waals surface area contributed by atoms with Gasteiger partial charge in [0.2, 0.25) is 0 Å². The minimum absolute atomic E-state index is 0.263. The van der Waals surface area contributed by atoms with Gasteiger partial charge in [0.1, 0.15) is 16.6 Å². The molecule has 0 saturated carbocycles. The van der Waals surface area contributed by atoms with Crippen LogP contribution in [-0.2, 0) is 6.42 Å². The van der Waals surface area contributed by atoms with E-state index in [2.05, 4.69) is 17.1 Å². The molecule has 3 rings (SSSR count). The average molecular weight is 313 g/mol. The van der Waals surface area contributed by atoms with E-state index in [0.29, 0.717) is 18.0 Å². The van der Waals surface area contributed by atoms with Crippen LogP contribution in [0.5, 0.6) is 0 Å². The standard InChI is InChI=1S/C17H19N3OS/c1-12-11-22-17(19-12)15-14(21)10-20(16(15)18)9-5-8-13-6-3-2-4-7-13/h2-4,6-7,11,18,21H,5,8-10H2,1H3. The molecule has 0 aliphatic carbocycles. The van der Waals surface area contributed by atoms with Crippen molar-refractivity contribution in [2.75, 3.05) is 13.1 Å². The van der Waals surface area contributed by atoms with Gasteiger partial charge in [0.25, 0.3) is 0 Å². The third-order valence-electron chi connectivity index (χ3n) is 3.75. The van der Waals surface area contributed by atoms with E-state index in [4.69, 9.17) is 5.41 Å². The van der Waals surface area contributed by atoms with Crippen molar-refractivity contribution >= 4 is 22.7 Å². The van der Waals surface area contributed by atoms with E-state index < -0.39 is 0 Å². The van der Waals surface area contributed by atoms with Crippen molar-refractivity contribution in [3.8, 4) is 0 Å². The van der Waals surface area contributed by atoms with Crippen LogP contribution in [0.25, 0.3) is 5.57 Å². The van der Waals surface area contributed by atoms with Crippen LogP contribution < -0.4 is 0 Å². The lowest BCUT2D eigenvalue weighted by Gasteiger charge is -2.18. The van der Waals surface area contributed by atoms with Gasteiger partial charge >= 0.3 is 0 Å². The Labute approximate surface area is 134 Å². The molecule has 0 amide bonds. The Morgan fingerprint density at radius 2 is 2.09 bits per heavy atom. The Bertz CT molecular complexity index is 706.